The maximum atomic E-state index is 13.0. The summed E-state index contributed by atoms with van der Waals surface area (Å²) in [4.78, 5) is 11.4. The normalized spacial score (nSPS) is 18.4. The predicted molar refractivity (Wildman–Crippen MR) is 95.3 cm³/mol. The van der Waals surface area contributed by atoms with Gasteiger partial charge in [0.25, 0.3) is 5.91 Å². The minimum atomic E-state index is -3.61. The molecule has 0 unspecified atom stereocenters. The molecule has 144 valence electrons. The van der Waals surface area contributed by atoms with Crippen LogP contribution in [0.5, 0.6) is 11.5 Å². The van der Waals surface area contributed by atoms with Crippen LogP contribution in [0.25, 0.3) is 0 Å². The van der Waals surface area contributed by atoms with Crippen molar-refractivity contribution in [3.63, 3.8) is 0 Å². The Balaban J connectivity index is 1.47. The zero-order chi connectivity index (χ0) is 19.0. The topological polar surface area (TPSA) is 128 Å². The predicted octanol–water partition coefficient (Wildman–Crippen LogP) is 0.848. The number of hydrogen-bond donors (Lipinski definition) is 2. The van der Waals surface area contributed by atoms with Gasteiger partial charge >= 0.3 is 0 Å². The molecular weight excluding hydrogens is 372 g/mol. The highest BCUT2D eigenvalue weighted by atomic mass is 32.2. The Bertz CT molecular complexity index is 963. The fourth-order valence-electron chi connectivity index (χ4n) is 3.41. The SMILES string of the molecule is NC(=O)c1cc(C2CCN(S(=O)(=O)c3ccc4c(c3)OCCO4)CC2)[nH]n1. The largest absolute Gasteiger partial charge is 0.486 e. The van der Waals surface area contributed by atoms with E-state index in [1.807, 2.05) is 0 Å². The van der Waals surface area contributed by atoms with E-state index >= 15 is 0 Å². The number of sulfonamides is 1. The molecule has 1 aromatic carbocycles. The summed E-state index contributed by atoms with van der Waals surface area (Å²) in [5, 5.41) is 6.72. The Morgan fingerprint density at radius 1 is 1.15 bits per heavy atom. The van der Waals surface area contributed by atoms with Crippen molar-refractivity contribution in [1.82, 2.24) is 14.5 Å². The van der Waals surface area contributed by atoms with Crippen molar-refractivity contribution in [3.05, 3.63) is 35.7 Å². The molecule has 10 heteroatoms. The molecule has 4 rings (SSSR count). The number of carbonyl (C=O) groups excluding carboxylic acids is 1. The van der Waals surface area contributed by atoms with E-state index in [1.165, 1.54) is 10.4 Å². The molecule has 0 aliphatic carbocycles. The third-order valence-corrected chi connectivity index (χ3v) is 6.79. The summed E-state index contributed by atoms with van der Waals surface area (Å²) in [6, 6.07) is 6.33. The van der Waals surface area contributed by atoms with Crippen molar-refractivity contribution in [2.45, 2.75) is 23.7 Å². The van der Waals surface area contributed by atoms with Gasteiger partial charge in [-0.15, -0.1) is 0 Å². The second-order valence-electron chi connectivity index (χ2n) is 6.56. The molecule has 0 spiro atoms. The van der Waals surface area contributed by atoms with Crippen molar-refractivity contribution in [1.29, 1.82) is 0 Å². The lowest BCUT2D eigenvalue weighted by Gasteiger charge is -2.31. The number of primary amides is 1. The molecule has 0 saturated carbocycles. The first-order valence-corrected chi connectivity index (χ1v) is 10.1. The summed E-state index contributed by atoms with van der Waals surface area (Å²) in [7, 11) is -3.61. The van der Waals surface area contributed by atoms with E-state index < -0.39 is 15.9 Å². The monoisotopic (exact) mass is 392 g/mol. The van der Waals surface area contributed by atoms with Crippen LogP contribution in [0, 0.1) is 0 Å². The van der Waals surface area contributed by atoms with E-state index in [9.17, 15) is 13.2 Å². The van der Waals surface area contributed by atoms with Gasteiger partial charge in [0.15, 0.2) is 11.5 Å². The van der Waals surface area contributed by atoms with E-state index in [0.717, 1.165) is 5.69 Å². The summed E-state index contributed by atoms with van der Waals surface area (Å²) in [6.45, 7) is 1.62. The molecule has 1 aromatic heterocycles. The number of nitrogens with one attached hydrogen (secondary N) is 1. The minimum Gasteiger partial charge on any atom is -0.486 e. The number of rotatable bonds is 4. The average molecular weight is 392 g/mol. The highest BCUT2D eigenvalue weighted by Gasteiger charge is 2.31. The van der Waals surface area contributed by atoms with Gasteiger partial charge in [-0.05, 0) is 31.0 Å². The standard InChI is InChI=1S/C17H20N4O5S/c18-17(22)14-10-13(19-20-14)11-3-5-21(6-4-11)27(23,24)12-1-2-15-16(9-12)26-8-7-25-15/h1-2,9-11H,3-8H2,(H2,18,22)(H,19,20). The lowest BCUT2D eigenvalue weighted by atomic mass is 9.94. The Morgan fingerprint density at radius 3 is 2.52 bits per heavy atom. The molecule has 9 nitrogen and oxygen atoms in total. The van der Waals surface area contributed by atoms with Crippen LogP contribution in [0.2, 0.25) is 0 Å². The fraction of sp³-hybridized carbons (Fsp3) is 0.412. The van der Waals surface area contributed by atoms with Crippen molar-refractivity contribution in [2.75, 3.05) is 26.3 Å². The number of benzene rings is 1. The van der Waals surface area contributed by atoms with Crippen molar-refractivity contribution in [3.8, 4) is 11.5 Å². The van der Waals surface area contributed by atoms with Gasteiger partial charge in [0, 0.05) is 30.8 Å². The summed E-state index contributed by atoms with van der Waals surface area (Å²) in [6.07, 6.45) is 1.26. The molecule has 3 N–H and O–H groups in total. The zero-order valence-electron chi connectivity index (χ0n) is 14.6. The lowest BCUT2D eigenvalue weighted by Crippen LogP contribution is -2.38. The number of fused-ring (bicyclic) bond motifs is 1. The zero-order valence-corrected chi connectivity index (χ0v) is 15.4. The number of H-pyrrole nitrogens is 1. The van der Waals surface area contributed by atoms with Gasteiger partial charge in [0.2, 0.25) is 10.0 Å². The summed E-state index contributed by atoms with van der Waals surface area (Å²) < 4.78 is 38.3. The number of aromatic nitrogens is 2. The number of hydrogen-bond acceptors (Lipinski definition) is 6. The van der Waals surface area contributed by atoms with Crippen molar-refractivity contribution < 1.29 is 22.7 Å². The first-order valence-electron chi connectivity index (χ1n) is 8.70. The molecule has 27 heavy (non-hydrogen) atoms. The van der Waals surface area contributed by atoms with Crippen LogP contribution in [0.15, 0.2) is 29.2 Å². The summed E-state index contributed by atoms with van der Waals surface area (Å²) in [5.74, 6) is 0.533. The minimum absolute atomic E-state index is 0.109. The van der Waals surface area contributed by atoms with Gasteiger partial charge < -0.3 is 15.2 Å². The molecule has 1 saturated heterocycles. The quantitative estimate of drug-likeness (QED) is 0.794. The molecule has 0 radical (unpaired) electrons. The van der Waals surface area contributed by atoms with E-state index in [4.69, 9.17) is 15.2 Å². The van der Waals surface area contributed by atoms with E-state index in [0.29, 0.717) is 50.6 Å². The average Bonchev–Trinajstić information content (AvgIpc) is 3.18. The van der Waals surface area contributed by atoms with Crippen LogP contribution in [-0.4, -0.2) is 55.1 Å². The van der Waals surface area contributed by atoms with Gasteiger partial charge in [-0.25, -0.2) is 8.42 Å². The van der Waals surface area contributed by atoms with Crippen LogP contribution in [0.4, 0.5) is 0 Å². The van der Waals surface area contributed by atoms with Gasteiger partial charge in [0.05, 0.1) is 4.90 Å². The fourth-order valence-corrected chi connectivity index (χ4v) is 4.90. The molecule has 2 aliphatic rings. The number of nitrogens with zero attached hydrogens (tertiary/aromatic N) is 2. The lowest BCUT2D eigenvalue weighted by molar-refractivity contribution is 0.0995. The summed E-state index contributed by atoms with van der Waals surface area (Å²) >= 11 is 0. The van der Waals surface area contributed by atoms with Crippen LogP contribution < -0.4 is 15.2 Å². The van der Waals surface area contributed by atoms with Crippen LogP contribution in [-0.2, 0) is 10.0 Å². The molecule has 0 bridgehead atoms. The number of piperidine rings is 1. The Morgan fingerprint density at radius 2 is 1.85 bits per heavy atom. The first kappa shape index (κ1) is 17.8. The van der Waals surface area contributed by atoms with Gasteiger partial charge in [-0.1, -0.05) is 0 Å². The number of nitrogens with two attached hydrogens (primary N) is 1. The molecule has 2 aliphatic heterocycles. The van der Waals surface area contributed by atoms with Crippen molar-refractivity contribution >= 4 is 15.9 Å². The molecular formula is C17H20N4O5S. The van der Waals surface area contributed by atoms with E-state index in [-0.39, 0.29) is 16.5 Å². The maximum Gasteiger partial charge on any atom is 0.269 e. The second kappa shape index (κ2) is 6.86. The molecule has 0 atom stereocenters. The third-order valence-electron chi connectivity index (χ3n) is 4.90. The second-order valence-corrected chi connectivity index (χ2v) is 8.49. The Hall–Kier alpha value is -2.59. The van der Waals surface area contributed by atoms with Gasteiger partial charge in [0.1, 0.15) is 18.9 Å². The summed E-state index contributed by atoms with van der Waals surface area (Å²) in [5.41, 5.74) is 6.22. The maximum absolute atomic E-state index is 13.0. The Labute approximate surface area is 156 Å². The molecule has 1 amide bonds. The third kappa shape index (κ3) is 3.37. The highest BCUT2D eigenvalue weighted by Crippen LogP contribution is 2.35. The molecule has 2 aromatic rings. The smallest absolute Gasteiger partial charge is 0.269 e. The molecule has 3 heterocycles. The van der Waals surface area contributed by atoms with Crippen molar-refractivity contribution in [2.24, 2.45) is 5.73 Å². The first-order chi connectivity index (χ1) is 12.9. The van der Waals surface area contributed by atoms with Crippen LogP contribution in [0.1, 0.15) is 34.9 Å². The van der Waals surface area contributed by atoms with Gasteiger partial charge in [-0.3, -0.25) is 9.89 Å². The van der Waals surface area contributed by atoms with Crippen LogP contribution in [0.3, 0.4) is 0 Å². The Kier molecular flexibility index (Phi) is 4.52. The number of ether oxygens (including phenoxy) is 2. The number of amides is 1. The van der Waals surface area contributed by atoms with E-state index in [1.54, 1.807) is 18.2 Å². The number of carbonyl (C=O) groups is 1. The van der Waals surface area contributed by atoms with Crippen LogP contribution >= 0.6 is 0 Å². The molecule has 1 fully saturated rings. The number of aromatic amines is 1. The van der Waals surface area contributed by atoms with Gasteiger partial charge in [-0.2, -0.15) is 9.40 Å². The van der Waals surface area contributed by atoms with E-state index in [2.05, 4.69) is 10.2 Å². The highest BCUT2D eigenvalue weighted by molar-refractivity contribution is 7.89.